The molecule has 2 amide bonds. The van der Waals surface area contributed by atoms with Gasteiger partial charge in [0.15, 0.2) is 5.69 Å². The van der Waals surface area contributed by atoms with Gasteiger partial charge in [-0.2, -0.15) is 13.2 Å². The van der Waals surface area contributed by atoms with Crippen LogP contribution in [-0.2, 0) is 11.0 Å². The van der Waals surface area contributed by atoms with E-state index in [9.17, 15) is 22.8 Å². The third-order valence-electron chi connectivity index (χ3n) is 3.73. The molecule has 0 aromatic carbocycles. The summed E-state index contributed by atoms with van der Waals surface area (Å²) in [5.74, 6) is -1.64. The molecular weight excluding hydrogens is 299 g/mol. The second-order valence-corrected chi connectivity index (χ2v) is 5.33. The number of alkyl halides is 3. The number of primary amides is 1. The molecule has 1 heterocycles. The lowest BCUT2D eigenvalue weighted by Gasteiger charge is -2.28. The van der Waals surface area contributed by atoms with Gasteiger partial charge in [0.25, 0.3) is 5.91 Å². The highest BCUT2D eigenvalue weighted by Gasteiger charge is 2.37. The predicted molar refractivity (Wildman–Crippen MR) is 71.6 cm³/mol. The zero-order valence-electron chi connectivity index (χ0n) is 11.7. The minimum Gasteiger partial charge on any atom is -0.369 e. The van der Waals surface area contributed by atoms with Gasteiger partial charge in [-0.1, -0.05) is 6.42 Å². The van der Waals surface area contributed by atoms with E-state index in [1.807, 2.05) is 0 Å². The van der Waals surface area contributed by atoms with Crippen LogP contribution in [0.3, 0.4) is 0 Å². The second-order valence-electron chi connectivity index (χ2n) is 5.33. The fourth-order valence-corrected chi connectivity index (χ4v) is 2.66. The van der Waals surface area contributed by atoms with Crippen molar-refractivity contribution in [3.8, 4) is 0 Å². The molecule has 1 aliphatic carbocycles. The second kappa shape index (κ2) is 6.33. The zero-order chi connectivity index (χ0) is 16.3. The Hall–Kier alpha value is -2.12. The first-order valence-corrected chi connectivity index (χ1v) is 6.91. The van der Waals surface area contributed by atoms with E-state index in [4.69, 9.17) is 5.73 Å². The molecule has 0 unspecified atom stereocenters. The average Bonchev–Trinajstić information content (AvgIpc) is 2.46. The molecule has 2 atom stereocenters. The Labute approximate surface area is 125 Å². The summed E-state index contributed by atoms with van der Waals surface area (Å²) in [5, 5.41) is 2.55. The van der Waals surface area contributed by atoms with Crippen molar-refractivity contribution < 1.29 is 22.8 Å². The van der Waals surface area contributed by atoms with Gasteiger partial charge in [-0.3, -0.25) is 14.6 Å². The van der Waals surface area contributed by atoms with Crippen molar-refractivity contribution in [2.24, 2.45) is 11.7 Å². The molecule has 0 radical (unpaired) electrons. The van der Waals surface area contributed by atoms with E-state index in [1.165, 1.54) is 6.07 Å². The number of nitrogens with one attached hydrogen (secondary N) is 1. The Morgan fingerprint density at radius 1 is 1.32 bits per heavy atom. The van der Waals surface area contributed by atoms with Crippen LogP contribution in [-0.4, -0.2) is 22.8 Å². The third-order valence-corrected chi connectivity index (χ3v) is 3.73. The number of carbonyl (C=O) groups is 2. The number of hydrogen-bond donors (Lipinski definition) is 2. The fourth-order valence-electron chi connectivity index (χ4n) is 2.66. The molecule has 1 aromatic rings. The molecule has 1 saturated carbocycles. The number of aromatic nitrogens is 1. The van der Waals surface area contributed by atoms with Crippen LogP contribution in [0.5, 0.6) is 0 Å². The maximum Gasteiger partial charge on any atom is 0.434 e. The quantitative estimate of drug-likeness (QED) is 0.893. The highest BCUT2D eigenvalue weighted by molar-refractivity contribution is 5.95. The zero-order valence-corrected chi connectivity index (χ0v) is 11.7. The minimum atomic E-state index is -4.70. The molecule has 1 aromatic heterocycles. The molecule has 0 saturated heterocycles. The van der Waals surface area contributed by atoms with Crippen molar-refractivity contribution in [2.45, 2.75) is 37.9 Å². The number of halogens is 3. The average molecular weight is 315 g/mol. The van der Waals surface area contributed by atoms with E-state index in [2.05, 4.69) is 10.3 Å². The summed E-state index contributed by atoms with van der Waals surface area (Å²) >= 11 is 0. The van der Waals surface area contributed by atoms with E-state index in [1.54, 1.807) is 0 Å². The summed E-state index contributed by atoms with van der Waals surface area (Å²) in [6, 6.07) is 2.00. The van der Waals surface area contributed by atoms with Gasteiger partial charge in [-0.15, -0.1) is 0 Å². The van der Waals surface area contributed by atoms with E-state index < -0.39 is 29.2 Å². The van der Waals surface area contributed by atoms with Crippen molar-refractivity contribution in [2.75, 3.05) is 0 Å². The molecule has 1 aliphatic rings. The van der Waals surface area contributed by atoms with Gasteiger partial charge in [0.2, 0.25) is 5.91 Å². The number of carbonyl (C=O) groups excluding carboxylic acids is 2. The minimum absolute atomic E-state index is 0.350. The smallest absolute Gasteiger partial charge is 0.369 e. The molecule has 1 fully saturated rings. The summed E-state index contributed by atoms with van der Waals surface area (Å²) in [7, 11) is 0. The Balaban J connectivity index is 2.11. The van der Waals surface area contributed by atoms with E-state index in [0.29, 0.717) is 25.7 Å². The molecule has 8 heteroatoms. The lowest BCUT2D eigenvalue weighted by Crippen LogP contribution is -2.41. The molecule has 0 bridgehead atoms. The molecule has 2 rings (SSSR count). The van der Waals surface area contributed by atoms with Crippen molar-refractivity contribution in [3.05, 3.63) is 29.6 Å². The predicted octanol–water partition coefficient (Wildman–Crippen LogP) is 1.87. The number of nitrogens with zero attached hydrogens (tertiary/aromatic N) is 1. The molecule has 120 valence electrons. The van der Waals surface area contributed by atoms with Crippen molar-refractivity contribution in [1.82, 2.24) is 10.3 Å². The van der Waals surface area contributed by atoms with Crippen LogP contribution in [0.15, 0.2) is 18.3 Å². The molecule has 22 heavy (non-hydrogen) atoms. The highest BCUT2D eigenvalue weighted by atomic mass is 19.4. The van der Waals surface area contributed by atoms with Gasteiger partial charge in [0.05, 0.1) is 5.56 Å². The van der Waals surface area contributed by atoms with Gasteiger partial charge in [-0.25, -0.2) is 0 Å². The summed E-state index contributed by atoms with van der Waals surface area (Å²) in [6.45, 7) is 0. The molecule has 0 aliphatic heterocycles. The first-order chi connectivity index (χ1) is 10.3. The Morgan fingerprint density at radius 3 is 2.68 bits per heavy atom. The summed E-state index contributed by atoms with van der Waals surface area (Å²) < 4.78 is 38.6. The fraction of sp³-hybridized carbons (Fsp3) is 0.500. The third kappa shape index (κ3) is 3.75. The molecular formula is C14H16F3N3O2. The largest absolute Gasteiger partial charge is 0.434 e. The lowest BCUT2D eigenvalue weighted by molar-refractivity contribution is -0.141. The van der Waals surface area contributed by atoms with Gasteiger partial charge >= 0.3 is 6.18 Å². The topological polar surface area (TPSA) is 85.1 Å². The van der Waals surface area contributed by atoms with Crippen molar-refractivity contribution >= 4 is 11.8 Å². The molecule has 5 nitrogen and oxygen atoms in total. The maximum atomic E-state index is 12.9. The van der Waals surface area contributed by atoms with E-state index in [0.717, 1.165) is 12.3 Å². The van der Waals surface area contributed by atoms with Crippen LogP contribution in [0.25, 0.3) is 0 Å². The van der Waals surface area contributed by atoms with Crippen LogP contribution in [0, 0.1) is 5.92 Å². The number of amides is 2. The normalized spacial score (nSPS) is 22.1. The van der Waals surface area contributed by atoms with E-state index >= 15 is 0 Å². The van der Waals surface area contributed by atoms with E-state index in [-0.39, 0.29) is 12.0 Å². The van der Waals surface area contributed by atoms with Crippen LogP contribution in [0.1, 0.15) is 41.7 Å². The lowest BCUT2D eigenvalue weighted by atomic mass is 9.85. The van der Waals surface area contributed by atoms with Crippen LogP contribution in [0.2, 0.25) is 0 Å². The number of pyridine rings is 1. The standard InChI is InChI=1S/C14H16F3N3O2/c15-14(16,17)11-10(5-2-6-19-11)13(22)20-9-4-1-3-8(7-9)12(18)21/h2,5-6,8-9H,1,3-4,7H2,(H2,18,21)(H,20,22)/t8-,9-/m0/s1. The van der Waals surface area contributed by atoms with Gasteiger partial charge < -0.3 is 11.1 Å². The maximum absolute atomic E-state index is 12.9. The first kappa shape index (κ1) is 16.3. The summed E-state index contributed by atoms with van der Waals surface area (Å²) in [6.07, 6.45) is -1.42. The van der Waals surface area contributed by atoms with Crippen LogP contribution in [0.4, 0.5) is 13.2 Å². The number of nitrogens with two attached hydrogens (primary N) is 1. The van der Waals surface area contributed by atoms with Crippen molar-refractivity contribution in [1.29, 1.82) is 0 Å². The molecule has 0 spiro atoms. The molecule has 3 N–H and O–H groups in total. The van der Waals surface area contributed by atoms with Crippen LogP contribution < -0.4 is 11.1 Å². The van der Waals surface area contributed by atoms with Gasteiger partial charge in [0, 0.05) is 18.2 Å². The Morgan fingerprint density at radius 2 is 2.05 bits per heavy atom. The van der Waals surface area contributed by atoms with Crippen molar-refractivity contribution in [3.63, 3.8) is 0 Å². The Bertz CT molecular complexity index is 575. The monoisotopic (exact) mass is 315 g/mol. The highest BCUT2D eigenvalue weighted by Crippen LogP contribution is 2.30. The number of rotatable bonds is 3. The van der Waals surface area contributed by atoms with Crippen LogP contribution >= 0.6 is 0 Å². The first-order valence-electron chi connectivity index (χ1n) is 6.91. The SMILES string of the molecule is NC(=O)[C@H]1CCC[C@H](NC(=O)c2cccnc2C(F)(F)F)C1. The summed E-state index contributed by atoms with van der Waals surface area (Å²) in [5.41, 5.74) is 3.51. The van der Waals surface area contributed by atoms with Gasteiger partial charge in [0.1, 0.15) is 0 Å². The summed E-state index contributed by atoms with van der Waals surface area (Å²) in [4.78, 5) is 26.5. The van der Waals surface area contributed by atoms with Gasteiger partial charge in [-0.05, 0) is 31.4 Å². The number of hydrogen-bond acceptors (Lipinski definition) is 3. The Kier molecular flexibility index (Phi) is 4.68.